The minimum absolute atomic E-state index is 0. The molecule has 13 heteroatoms. The molecule has 2 rings (SSSR count). The first-order valence-corrected chi connectivity index (χ1v) is 5.87. The van der Waals surface area contributed by atoms with Crippen molar-refractivity contribution >= 4 is 5.97 Å². The molecular weight excluding hydrogens is 534 g/mol. The van der Waals surface area contributed by atoms with Gasteiger partial charge >= 0.3 is 57.2 Å². The van der Waals surface area contributed by atoms with Crippen LogP contribution in [0.1, 0.15) is 12.8 Å². The van der Waals surface area contributed by atoms with E-state index in [9.17, 15) is 4.79 Å². The topological polar surface area (TPSA) is 204 Å². The Morgan fingerprint density at radius 1 is 1.16 bits per heavy atom. The summed E-state index contributed by atoms with van der Waals surface area (Å²) in [5.74, 6) is -0.816. The molecule has 0 aromatic heterocycles. The molecule has 0 saturated carbocycles. The number of carbonyl (C=O) groups is 1. The van der Waals surface area contributed by atoms with Crippen molar-refractivity contribution in [3.05, 3.63) is 46.9 Å². The predicted octanol–water partition coefficient (Wildman–Crippen LogP) is 1.58. The Morgan fingerprint density at radius 2 is 1.64 bits per heavy atom. The first-order chi connectivity index (χ1) is 8.61. The molecule has 2 radical (unpaired) electrons. The van der Waals surface area contributed by atoms with E-state index < -0.39 is 12.3 Å². The number of aliphatic hydroxyl groups is 2. The second kappa shape index (κ2) is 26.8. The minimum Gasteiger partial charge on any atom is -0.693 e. The molecule has 2 heterocycles. The molecule has 0 atom stereocenters. The number of carboxylic acids is 1. The normalized spacial score (nSPS) is 14.1. The van der Waals surface area contributed by atoms with Crippen molar-refractivity contribution in [1.29, 1.82) is 0 Å². The van der Waals surface area contributed by atoms with Gasteiger partial charge < -0.3 is 43.7 Å². The van der Waals surface area contributed by atoms with E-state index in [0.717, 1.165) is 25.9 Å². The van der Waals surface area contributed by atoms with E-state index in [1.165, 1.54) is 12.3 Å². The number of hydrogen-bond donors (Lipinski definition) is 3. The van der Waals surface area contributed by atoms with Crippen LogP contribution in [0.2, 0.25) is 0 Å². The maximum absolute atomic E-state index is 10.2. The number of carboxylic acid groups (broad SMARTS) is 1. The van der Waals surface area contributed by atoms with E-state index in [1.54, 1.807) is 6.08 Å². The maximum Gasteiger partial charge on any atom is 2.00 e. The molecule has 25 heavy (non-hydrogen) atoms. The van der Waals surface area contributed by atoms with Gasteiger partial charge in [0.15, 0.2) is 6.29 Å². The molecule has 2 aliphatic rings. The van der Waals surface area contributed by atoms with Gasteiger partial charge in [0.1, 0.15) is 0 Å². The molecule has 2 aliphatic heterocycles. The molecule has 1 fully saturated rings. The molecule has 0 spiro atoms. The van der Waals surface area contributed by atoms with Crippen molar-refractivity contribution in [3.8, 4) is 0 Å². The summed E-state index contributed by atoms with van der Waals surface area (Å²) in [4.78, 5) is 10.2. The van der Waals surface area contributed by atoms with Crippen LogP contribution in [0, 0.1) is 5.92 Å². The van der Waals surface area contributed by atoms with Crippen molar-refractivity contribution < 1.29 is 93.9 Å². The predicted molar refractivity (Wildman–Crippen MR) is 81.3 cm³/mol. The van der Waals surface area contributed by atoms with Crippen LogP contribution in [-0.2, 0) is 73.1 Å². The average molecular weight is 559 g/mol. The number of nitrogens with zero attached hydrogens (tertiary/aromatic N) is 2. The number of rotatable bonds is 2. The Labute approximate surface area is 190 Å². The molecule has 0 bridgehead atoms. The van der Waals surface area contributed by atoms with Crippen molar-refractivity contribution in [1.82, 2.24) is 0 Å². The van der Waals surface area contributed by atoms with Crippen LogP contribution in [-0.4, -0.2) is 52.7 Å². The van der Waals surface area contributed by atoms with Gasteiger partial charge in [-0.2, -0.15) is 6.20 Å². The fraction of sp³-hybridized carbons (Fsp3) is 0.583. The second-order valence-corrected chi connectivity index (χ2v) is 4.07. The zero-order valence-electron chi connectivity index (χ0n) is 12.9. The summed E-state index contributed by atoms with van der Waals surface area (Å²) in [5.41, 5.74) is 0.324. The van der Waals surface area contributed by atoms with Crippen molar-refractivity contribution in [2.75, 3.05) is 19.6 Å². The molecule has 0 amide bonds. The summed E-state index contributed by atoms with van der Waals surface area (Å²) in [7, 11) is 0. The number of hydrogen-bond acceptors (Lipinski definition) is 3. The number of nitrogens with two attached hydrogens (primary N) is 2. The van der Waals surface area contributed by atoms with E-state index in [-0.39, 0.29) is 92.0 Å². The fourth-order valence-electron chi connectivity index (χ4n) is 1.64. The van der Waals surface area contributed by atoms with Gasteiger partial charge in [0, 0.05) is 23.0 Å². The van der Waals surface area contributed by atoms with E-state index in [4.69, 9.17) is 15.3 Å². The van der Waals surface area contributed by atoms with Crippen LogP contribution in [0.3, 0.4) is 0 Å². The Balaban J connectivity index is -0.0000000405. The van der Waals surface area contributed by atoms with E-state index >= 15 is 0 Å². The van der Waals surface area contributed by atoms with Gasteiger partial charge in [-0.05, 0) is 0 Å². The summed E-state index contributed by atoms with van der Waals surface area (Å²) in [5, 5.41) is 33.6. The molecule has 0 aromatic rings. The summed E-state index contributed by atoms with van der Waals surface area (Å²) >= 11 is 0. The Hall–Kier alpha value is 0.588. The fourth-order valence-corrected chi connectivity index (χ4v) is 1.64. The molecule has 9 nitrogen and oxygen atoms in total. The summed E-state index contributed by atoms with van der Waals surface area (Å²) in [6.07, 6.45) is 5.09. The van der Waals surface area contributed by atoms with E-state index in [2.05, 4.69) is 10.6 Å². The first-order valence-electron chi connectivity index (χ1n) is 5.87. The van der Waals surface area contributed by atoms with Gasteiger partial charge in [0.2, 0.25) is 0 Å². The van der Waals surface area contributed by atoms with Crippen LogP contribution in [0.5, 0.6) is 0 Å². The SMILES string of the molecule is O.O=C(O)C1=CC[N-]C=C1.OC(O)C1CC[N-]CC1.[Cu+2].[Cu+].[Cu+].[Cu].[NH2-].[NH2-]. The molecular formula is C12H24Cu4N4O5. The summed E-state index contributed by atoms with van der Waals surface area (Å²) in [6, 6.07) is 0. The van der Waals surface area contributed by atoms with Crippen LogP contribution < -0.4 is 0 Å². The van der Waals surface area contributed by atoms with Gasteiger partial charge in [0.05, 0.1) is 5.57 Å². The third kappa shape index (κ3) is 20.8. The summed E-state index contributed by atoms with van der Waals surface area (Å²) in [6.45, 7) is 2.07. The Kier molecular flexibility index (Phi) is 48.0. The van der Waals surface area contributed by atoms with Gasteiger partial charge in [-0.15, -0.1) is 19.6 Å². The van der Waals surface area contributed by atoms with Gasteiger partial charge in [-0.1, -0.05) is 25.0 Å². The summed E-state index contributed by atoms with van der Waals surface area (Å²) < 4.78 is 0. The van der Waals surface area contributed by atoms with Crippen LogP contribution in [0.4, 0.5) is 0 Å². The standard InChI is InChI=1S/C6H12NO2.C6H6NO2.4Cu.2H2N.H2O/c2*8-6(9)5-1-3-7-4-2-5;;;;;;;/h5-6,8-9H,1-4H2;1-3H,4H2,(H,8,9);;;;;3*1H2/q2*-1;;2*+1;+2;2*-1;. The van der Waals surface area contributed by atoms with Gasteiger partial charge in [-0.25, -0.2) is 4.79 Å². The van der Waals surface area contributed by atoms with Crippen molar-refractivity contribution in [2.45, 2.75) is 19.1 Å². The molecule has 0 aliphatic carbocycles. The molecule has 9 N–H and O–H groups in total. The largest absolute Gasteiger partial charge is 2.00 e. The zero-order valence-corrected chi connectivity index (χ0v) is 16.7. The maximum atomic E-state index is 10.2. The number of aliphatic carboxylic acids is 1. The Morgan fingerprint density at radius 3 is 1.88 bits per heavy atom. The average Bonchev–Trinajstić information content (AvgIpc) is 2.41. The second-order valence-electron chi connectivity index (χ2n) is 4.07. The monoisotopic (exact) mass is 556 g/mol. The quantitative estimate of drug-likeness (QED) is 0.341. The minimum atomic E-state index is -1.12. The number of aliphatic hydroxyl groups excluding tert-OH is 1. The molecule has 0 unspecified atom stereocenters. The molecule has 0 aromatic carbocycles. The van der Waals surface area contributed by atoms with Crippen LogP contribution in [0.25, 0.3) is 22.9 Å². The van der Waals surface area contributed by atoms with Gasteiger partial charge in [-0.3, -0.25) is 0 Å². The van der Waals surface area contributed by atoms with Crippen LogP contribution in [0.15, 0.2) is 23.9 Å². The molecule has 166 valence electrons. The first kappa shape index (κ1) is 44.8. The molecule has 1 saturated heterocycles. The van der Waals surface area contributed by atoms with E-state index in [0.29, 0.717) is 12.1 Å². The zero-order chi connectivity index (χ0) is 13.4. The third-order valence-electron chi connectivity index (χ3n) is 2.76. The van der Waals surface area contributed by atoms with Crippen LogP contribution >= 0.6 is 0 Å². The van der Waals surface area contributed by atoms with E-state index in [1.807, 2.05) is 0 Å². The number of piperidine rings is 1. The Bertz CT molecular complexity index is 343. The smallest absolute Gasteiger partial charge is 0.693 e. The van der Waals surface area contributed by atoms with Crippen molar-refractivity contribution in [3.63, 3.8) is 0 Å². The van der Waals surface area contributed by atoms with Gasteiger partial charge in [0.25, 0.3) is 0 Å². The third-order valence-corrected chi connectivity index (χ3v) is 2.76. The van der Waals surface area contributed by atoms with Crippen molar-refractivity contribution in [2.24, 2.45) is 5.92 Å².